The molecule has 0 aliphatic carbocycles. The lowest BCUT2D eigenvalue weighted by atomic mass is 10.2. The molecule has 1 aromatic carbocycles. The maximum Gasteiger partial charge on any atom is 0.290 e. The van der Waals surface area contributed by atoms with Crippen LogP contribution in [-0.2, 0) is 17.1 Å². The molecule has 0 unspecified atom stereocenters. The van der Waals surface area contributed by atoms with Crippen LogP contribution in [0.3, 0.4) is 0 Å². The van der Waals surface area contributed by atoms with E-state index in [2.05, 4.69) is 16.0 Å². The van der Waals surface area contributed by atoms with E-state index in [-0.39, 0.29) is 21.7 Å². The Hall–Kier alpha value is -3.05. The van der Waals surface area contributed by atoms with Gasteiger partial charge >= 0.3 is 0 Å². The Balaban J connectivity index is 1.64. The molecule has 0 radical (unpaired) electrons. The highest BCUT2D eigenvalue weighted by Crippen LogP contribution is 2.21. The fraction of sp³-hybridized carbons (Fsp3) is 0.294. The summed E-state index contributed by atoms with van der Waals surface area (Å²) in [6.45, 7) is 0.992. The fourth-order valence-electron chi connectivity index (χ4n) is 2.73. The van der Waals surface area contributed by atoms with Gasteiger partial charge in [0.15, 0.2) is 5.69 Å². The lowest BCUT2D eigenvalue weighted by Crippen LogP contribution is -2.42. The number of carbonyl (C=O) groups is 2. The lowest BCUT2D eigenvalue weighted by Gasteiger charge is -2.15. The number of hydrogen-bond acceptors (Lipinski definition) is 6. The average Bonchev–Trinajstić information content (AvgIpc) is 3.24. The summed E-state index contributed by atoms with van der Waals surface area (Å²) in [4.78, 5) is 35.5. The molecule has 11 heteroatoms. The summed E-state index contributed by atoms with van der Waals surface area (Å²) in [5.74, 6) is -1.32. The summed E-state index contributed by atoms with van der Waals surface area (Å²) in [7, 11) is -2.16. The van der Waals surface area contributed by atoms with Gasteiger partial charge in [0, 0.05) is 31.8 Å². The minimum Gasteiger partial charge on any atom is -0.268 e. The zero-order chi connectivity index (χ0) is 20.3. The Labute approximate surface area is 161 Å². The number of amides is 2. The summed E-state index contributed by atoms with van der Waals surface area (Å²) in [5, 5.41) is 3.77. The normalized spacial score (nSPS) is 14.6. The van der Waals surface area contributed by atoms with E-state index in [4.69, 9.17) is 0 Å². The Morgan fingerprint density at radius 2 is 1.57 bits per heavy atom. The topological polar surface area (TPSA) is 130 Å². The molecule has 1 aliphatic heterocycles. The Kier molecular flexibility index (Phi) is 5.56. The molecule has 1 saturated heterocycles. The quantitative estimate of drug-likeness (QED) is 0.668. The molecule has 2 N–H and O–H groups in total. The minimum absolute atomic E-state index is 0.0468. The second-order valence-electron chi connectivity index (χ2n) is 6.22. The molecule has 28 heavy (non-hydrogen) atoms. The number of rotatable bonds is 4. The Morgan fingerprint density at radius 1 is 0.964 bits per heavy atom. The summed E-state index contributed by atoms with van der Waals surface area (Å²) in [6.07, 6.45) is 1.67. The van der Waals surface area contributed by atoms with Crippen LogP contribution in [0.2, 0.25) is 0 Å². The molecule has 0 atom stereocenters. The van der Waals surface area contributed by atoms with Crippen LogP contribution in [0.1, 0.15) is 33.7 Å². The van der Waals surface area contributed by atoms with Crippen LogP contribution in [0.25, 0.3) is 0 Å². The number of carbonyl (C=O) groups excluding carboxylic acids is 2. The highest BCUT2D eigenvalue weighted by molar-refractivity contribution is 7.89. The van der Waals surface area contributed by atoms with Crippen LogP contribution in [-0.4, -0.2) is 47.4 Å². The molecule has 2 heterocycles. The van der Waals surface area contributed by atoms with Crippen molar-refractivity contribution < 1.29 is 18.0 Å². The second-order valence-corrected chi connectivity index (χ2v) is 8.16. The third-order valence-corrected chi connectivity index (χ3v) is 6.21. The van der Waals surface area contributed by atoms with Crippen molar-refractivity contribution in [1.29, 1.82) is 0 Å². The predicted molar refractivity (Wildman–Crippen MR) is 98.8 cm³/mol. The van der Waals surface area contributed by atoms with Crippen molar-refractivity contribution in [3.05, 3.63) is 58.0 Å². The van der Waals surface area contributed by atoms with Crippen LogP contribution >= 0.6 is 0 Å². The van der Waals surface area contributed by atoms with Crippen LogP contribution in [0.15, 0.2) is 46.1 Å². The largest absolute Gasteiger partial charge is 0.290 e. The van der Waals surface area contributed by atoms with Crippen molar-refractivity contribution >= 4 is 21.8 Å². The number of sulfonamides is 1. The SMILES string of the molecule is Cn1nc(C(=O)NNC(=O)c2ccc(S(=O)(=O)N3CCCC3)cc2)ccc1=O. The van der Waals surface area contributed by atoms with Gasteiger partial charge < -0.3 is 0 Å². The van der Waals surface area contributed by atoms with Crippen molar-refractivity contribution in [3.8, 4) is 0 Å². The number of hydrazine groups is 1. The fourth-order valence-corrected chi connectivity index (χ4v) is 4.25. The molecule has 0 saturated carbocycles. The highest BCUT2D eigenvalue weighted by Gasteiger charge is 2.27. The van der Waals surface area contributed by atoms with Gasteiger partial charge in [0.05, 0.1) is 4.90 Å². The third kappa shape index (κ3) is 4.10. The van der Waals surface area contributed by atoms with E-state index in [0.717, 1.165) is 17.5 Å². The number of nitrogens with zero attached hydrogens (tertiary/aromatic N) is 3. The lowest BCUT2D eigenvalue weighted by molar-refractivity contribution is 0.0842. The molecule has 0 spiro atoms. The first-order valence-corrected chi connectivity index (χ1v) is 9.98. The first kappa shape index (κ1) is 19.7. The Bertz CT molecular complexity index is 1060. The van der Waals surface area contributed by atoms with E-state index in [1.807, 2.05) is 0 Å². The van der Waals surface area contributed by atoms with Gasteiger partial charge in [-0.2, -0.15) is 9.40 Å². The van der Waals surface area contributed by atoms with Crippen molar-refractivity contribution in [2.24, 2.45) is 7.05 Å². The first-order chi connectivity index (χ1) is 13.3. The highest BCUT2D eigenvalue weighted by atomic mass is 32.2. The summed E-state index contributed by atoms with van der Waals surface area (Å²) in [5.41, 5.74) is 4.17. The van der Waals surface area contributed by atoms with Gasteiger partial charge in [-0.3, -0.25) is 25.2 Å². The predicted octanol–water partition coefficient (Wildman–Crippen LogP) is -0.360. The number of aryl methyl sites for hydroxylation is 1. The van der Waals surface area contributed by atoms with E-state index in [1.54, 1.807) is 0 Å². The molecular weight excluding hydrogens is 386 g/mol. The zero-order valence-electron chi connectivity index (χ0n) is 15.1. The maximum absolute atomic E-state index is 12.5. The van der Waals surface area contributed by atoms with Gasteiger partial charge in [0.1, 0.15) is 0 Å². The average molecular weight is 405 g/mol. The minimum atomic E-state index is -3.55. The number of aromatic nitrogens is 2. The van der Waals surface area contributed by atoms with Crippen LogP contribution < -0.4 is 16.4 Å². The molecule has 1 aliphatic rings. The van der Waals surface area contributed by atoms with Gasteiger partial charge in [-0.05, 0) is 43.2 Å². The van der Waals surface area contributed by atoms with E-state index in [9.17, 15) is 22.8 Å². The molecule has 3 rings (SSSR count). The summed E-state index contributed by atoms with van der Waals surface area (Å²) < 4.78 is 27.4. The summed E-state index contributed by atoms with van der Waals surface area (Å²) >= 11 is 0. The molecular formula is C17H19N5O5S. The Morgan fingerprint density at radius 3 is 2.18 bits per heavy atom. The zero-order valence-corrected chi connectivity index (χ0v) is 15.9. The van der Waals surface area contributed by atoms with Gasteiger partial charge in [-0.15, -0.1) is 0 Å². The van der Waals surface area contributed by atoms with E-state index < -0.39 is 21.8 Å². The molecule has 1 fully saturated rings. The van der Waals surface area contributed by atoms with E-state index in [1.165, 1.54) is 47.8 Å². The van der Waals surface area contributed by atoms with Crippen molar-refractivity contribution in [1.82, 2.24) is 24.9 Å². The van der Waals surface area contributed by atoms with E-state index >= 15 is 0 Å². The van der Waals surface area contributed by atoms with Crippen molar-refractivity contribution in [2.45, 2.75) is 17.7 Å². The molecule has 148 valence electrons. The first-order valence-electron chi connectivity index (χ1n) is 8.54. The molecule has 2 aromatic rings. The second kappa shape index (κ2) is 7.90. The van der Waals surface area contributed by atoms with Gasteiger partial charge in [0.25, 0.3) is 17.4 Å². The number of nitrogens with one attached hydrogen (secondary N) is 2. The monoisotopic (exact) mass is 405 g/mol. The van der Waals surface area contributed by atoms with Crippen LogP contribution in [0.5, 0.6) is 0 Å². The van der Waals surface area contributed by atoms with Crippen LogP contribution in [0.4, 0.5) is 0 Å². The summed E-state index contributed by atoms with van der Waals surface area (Å²) in [6, 6.07) is 7.88. The number of benzene rings is 1. The standard InChI is InChI=1S/C17H19N5O5S/c1-21-15(23)9-8-14(20-21)17(25)19-18-16(24)12-4-6-13(7-5-12)28(26,27)22-10-2-3-11-22/h4-9H,2-3,10-11H2,1H3,(H,18,24)(H,19,25). The molecule has 10 nitrogen and oxygen atoms in total. The molecule has 1 aromatic heterocycles. The van der Waals surface area contributed by atoms with Gasteiger partial charge in [-0.25, -0.2) is 13.1 Å². The van der Waals surface area contributed by atoms with Crippen LogP contribution in [0, 0.1) is 0 Å². The third-order valence-electron chi connectivity index (χ3n) is 4.30. The van der Waals surface area contributed by atoms with Crippen molar-refractivity contribution in [3.63, 3.8) is 0 Å². The van der Waals surface area contributed by atoms with Gasteiger partial charge in [0.2, 0.25) is 10.0 Å². The maximum atomic E-state index is 12.5. The smallest absolute Gasteiger partial charge is 0.268 e. The molecule has 2 amide bonds. The molecule has 0 bridgehead atoms. The van der Waals surface area contributed by atoms with E-state index in [0.29, 0.717) is 13.1 Å². The number of hydrogen-bond donors (Lipinski definition) is 2. The van der Waals surface area contributed by atoms with Gasteiger partial charge in [-0.1, -0.05) is 0 Å². The van der Waals surface area contributed by atoms with Crippen molar-refractivity contribution in [2.75, 3.05) is 13.1 Å².